The Balaban J connectivity index is 1.33. The van der Waals surface area contributed by atoms with E-state index in [0.29, 0.717) is 0 Å². The summed E-state index contributed by atoms with van der Waals surface area (Å²) < 4.78 is 0. The molecule has 0 bridgehead atoms. The molecule has 7 heteroatoms. The van der Waals surface area contributed by atoms with Gasteiger partial charge in [0.05, 0.1) is 11.9 Å². The summed E-state index contributed by atoms with van der Waals surface area (Å²) >= 11 is 1.57. The molecule has 0 radical (unpaired) electrons. The lowest BCUT2D eigenvalue weighted by Gasteiger charge is -2.36. The summed E-state index contributed by atoms with van der Waals surface area (Å²) in [4.78, 5) is 26.1. The van der Waals surface area contributed by atoms with Crippen molar-refractivity contribution in [1.29, 1.82) is 0 Å². The van der Waals surface area contributed by atoms with Crippen LogP contribution in [0.15, 0.2) is 48.1 Å². The summed E-state index contributed by atoms with van der Waals surface area (Å²) in [6, 6.07) is 12.3. The van der Waals surface area contributed by atoms with Gasteiger partial charge in [-0.05, 0) is 23.6 Å². The van der Waals surface area contributed by atoms with E-state index in [1.165, 1.54) is 12.0 Å². The molecule has 4 rings (SSSR count). The number of amides is 1. The largest absolute Gasteiger partial charge is 0.368 e. The lowest BCUT2D eigenvalue weighted by Crippen LogP contribution is -2.50. The summed E-state index contributed by atoms with van der Waals surface area (Å²) in [6.45, 7) is 3.46. The Hall–Kier alpha value is -2.67. The van der Waals surface area contributed by atoms with Crippen LogP contribution in [0.5, 0.6) is 0 Å². The summed E-state index contributed by atoms with van der Waals surface area (Å²) in [5.74, 6) is 0.831. The molecule has 1 aliphatic heterocycles. The van der Waals surface area contributed by atoms with E-state index < -0.39 is 0 Å². The summed E-state index contributed by atoms with van der Waals surface area (Å²) in [5.41, 5.74) is 1.22. The minimum absolute atomic E-state index is 0.106. The second kappa shape index (κ2) is 7.06. The Kier molecular flexibility index (Phi) is 4.47. The van der Waals surface area contributed by atoms with Gasteiger partial charge in [-0.3, -0.25) is 4.79 Å². The number of piperazine rings is 1. The van der Waals surface area contributed by atoms with Gasteiger partial charge >= 0.3 is 0 Å². The van der Waals surface area contributed by atoms with Gasteiger partial charge in [-0.25, -0.2) is 9.97 Å². The van der Waals surface area contributed by atoms with Crippen molar-refractivity contribution in [3.8, 4) is 0 Å². The van der Waals surface area contributed by atoms with E-state index in [-0.39, 0.29) is 12.5 Å². The maximum Gasteiger partial charge on any atom is 0.242 e. The number of rotatable bonds is 4. The predicted octanol–water partition coefficient (Wildman–Crippen LogP) is 2.45. The highest BCUT2D eigenvalue weighted by atomic mass is 32.1. The number of nitrogens with one attached hydrogen (secondary N) is 1. The second-order valence-corrected chi connectivity index (χ2v) is 6.81. The van der Waals surface area contributed by atoms with Crippen molar-refractivity contribution >= 4 is 39.0 Å². The van der Waals surface area contributed by atoms with Gasteiger partial charge in [0.25, 0.3) is 0 Å². The molecule has 0 saturated carbocycles. The number of carbonyl (C=O) groups is 1. The molecule has 1 N–H and O–H groups in total. The van der Waals surface area contributed by atoms with Crippen molar-refractivity contribution in [1.82, 2.24) is 14.9 Å². The number of nitrogens with zero attached hydrogens (tertiary/aromatic N) is 4. The zero-order valence-corrected chi connectivity index (χ0v) is 14.6. The molecule has 0 spiro atoms. The number of para-hydroxylation sites is 1. The number of hydrogen-bond acceptors (Lipinski definition) is 6. The average molecular weight is 353 g/mol. The Bertz CT molecular complexity index is 858. The maximum absolute atomic E-state index is 12.5. The third-order valence-corrected chi connectivity index (χ3v) is 5.24. The van der Waals surface area contributed by atoms with Gasteiger partial charge in [0.2, 0.25) is 5.91 Å². The van der Waals surface area contributed by atoms with Gasteiger partial charge in [-0.2, -0.15) is 0 Å². The molecular formula is C18H19N5OS. The molecule has 1 saturated heterocycles. The van der Waals surface area contributed by atoms with Crippen LogP contribution in [0.2, 0.25) is 0 Å². The highest BCUT2D eigenvalue weighted by Crippen LogP contribution is 2.23. The van der Waals surface area contributed by atoms with Crippen LogP contribution in [0.1, 0.15) is 0 Å². The van der Waals surface area contributed by atoms with E-state index in [4.69, 9.17) is 0 Å². The first kappa shape index (κ1) is 15.8. The Labute approximate surface area is 150 Å². The van der Waals surface area contributed by atoms with Crippen molar-refractivity contribution in [2.45, 2.75) is 0 Å². The highest BCUT2D eigenvalue weighted by molar-refractivity contribution is 7.16. The number of anilines is 2. The van der Waals surface area contributed by atoms with Crippen LogP contribution in [0.4, 0.5) is 11.5 Å². The zero-order chi connectivity index (χ0) is 17.1. The minimum atomic E-state index is 0.106. The van der Waals surface area contributed by atoms with E-state index in [1.54, 1.807) is 11.3 Å². The molecule has 0 aliphatic carbocycles. The average Bonchev–Trinajstić information content (AvgIpc) is 3.16. The molecule has 3 aromatic rings. The number of thiophene rings is 1. The molecule has 1 aliphatic rings. The van der Waals surface area contributed by atoms with Gasteiger partial charge in [0, 0.05) is 31.9 Å². The van der Waals surface area contributed by atoms with Crippen LogP contribution in [0.3, 0.4) is 0 Å². The molecular weight excluding hydrogens is 334 g/mol. The smallest absolute Gasteiger partial charge is 0.242 e. The summed E-state index contributed by atoms with van der Waals surface area (Å²) in [6.07, 6.45) is 1.53. The fourth-order valence-electron chi connectivity index (χ4n) is 3.05. The van der Waals surface area contributed by atoms with E-state index in [2.05, 4.69) is 32.3 Å². The first-order valence-electron chi connectivity index (χ1n) is 8.31. The molecule has 1 aromatic carbocycles. The molecule has 0 unspecified atom stereocenters. The van der Waals surface area contributed by atoms with Crippen molar-refractivity contribution < 1.29 is 4.79 Å². The first-order chi connectivity index (χ1) is 12.3. The van der Waals surface area contributed by atoms with Crippen LogP contribution >= 0.6 is 11.3 Å². The Morgan fingerprint density at radius 2 is 1.88 bits per heavy atom. The summed E-state index contributed by atoms with van der Waals surface area (Å²) in [5, 5.41) is 6.11. The van der Waals surface area contributed by atoms with Gasteiger partial charge in [-0.15, -0.1) is 11.3 Å². The topological polar surface area (TPSA) is 61.4 Å². The third-order valence-electron chi connectivity index (χ3n) is 4.42. The molecule has 2 aromatic heterocycles. The maximum atomic E-state index is 12.5. The van der Waals surface area contributed by atoms with Crippen molar-refractivity contribution in [3.63, 3.8) is 0 Å². The number of aromatic nitrogens is 2. The van der Waals surface area contributed by atoms with Crippen molar-refractivity contribution in [2.24, 2.45) is 0 Å². The standard InChI is InChI=1S/C18H19N5OS/c24-16(12-19-17-15-6-11-25-18(15)21-13-20-17)23-9-7-22(8-10-23)14-4-2-1-3-5-14/h1-6,11,13H,7-10,12H2,(H,19,20,21). The van der Waals surface area contributed by atoms with Crippen molar-refractivity contribution in [3.05, 3.63) is 48.1 Å². The normalized spacial score (nSPS) is 14.7. The van der Waals surface area contributed by atoms with Gasteiger partial charge in [-0.1, -0.05) is 18.2 Å². The van der Waals surface area contributed by atoms with Crippen LogP contribution in [-0.2, 0) is 4.79 Å². The van der Waals surface area contributed by atoms with Crippen LogP contribution < -0.4 is 10.2 Å². The molecule has 1 fully saturated rings. The molecule has 128 valence electrons. The molecule has 6 nitrogen and oxygen atoms in total. The number of carbonyl (C=O) groups excluding carboxylic acids is 1. The Morgan fingerprint density at radius 1 is 1.08 bits per heavy atom. The van der Waals surface area contributed by atoms with Crippen LogP contribution in [0, 0.1) is 0 Å². The van der Waals surface area contributed by atoms with Crippen molar-refractivity contribution in [2.75, 3.05) is 42.9 Å². The Morgan fingerprint density at radius 3 is 2.68 bits per heavy atom. The fourth-order valence-corrected chi connectivity index (χ4v) is 3.79. The first-order valence-corrected chi connectivity index (χ1v) is 9.19. The SMILES string of the molecule is O=C(CNc1ncnc2sccc12)N1CCN(c2ccccc2)CC1. The summed E-state index contributed by atoms with van der Waals surface area (Å²) in [7, 11) is 0. The lowest BCUT2D eigenvalue weighted by atomic mass is 10.2. The quantitative estimate of drug-likeness (QED) is 0.781. The number of fused-ring (bicyclic) bond motifs is 1. The predicted molar refractivity (Wildman–Crippen MR) is 101 cm³/mol. The third kappa shape index (κ3) is 3.41. The molecule has 1 amide bonds. The number of benzene rings is 1. The second-order valence-electron chi connectivity index (χ2n) is 5.92. The molecule has 25 heavy (non-hydrogen) atoms. The monoisotopic (exact) mass is 353 g/mol. The fraction of sp³-hybridized carbons (Fsp3) is 0.278. The van der Waals surface area contributed by atoms with E-state index in [0.717, 1.165) is 42.2 Å². The van der Waals surface area contributed by atoms with Gasteiger partial charge in [0.15, 0.2) is 0 Å². The van der Waals surface area contributed by atoms with E-state index >= 15 is 0 Å². The highest BCUT2D eigenvalue weighted by Gasteiger charge is 2.21. The number of hydrogen-bond donors (Lipinski definition) is 1. The molecule has 3 heterocycles. The lowest BCUT2D eigenvalue weighted by molar-refractivity contribution is -0.129. The minimum Gasteiger partial charge on any atom is -0.368 e. The van der Waals surface area contributed by atoms with E-state index in [1.807, 2.05) is 34.5 Å². The molecule has 0 atom stereocenters. The van der Waals surface area contributed by atoms with Gasteiger partial charge in [0.1, 0.15) is 17.0 Å². The van der Waals surface area contributed by atoms with E-state index in [9.17, 15) is 4.79 Å². The van der Waals surface area contributed by atoms with Gasteiger partial charge < -0.3 is 15.1 Å². The van der Waals surface area contributed by atoms with Crippen LogP contribution in [-0.4, -0.2) is 53.5 Å². The van der Waals surface area contributed by atoms with Crippen LogP contribution in [0.25, 0.3) is 10.2 Å². The zero-order valence-electron chi connectivity index (χ0n) is 13.8.